The summed E-state index contributed by atoms with van der Waals surface area (Å²) >= 11 is 3.25. The summed E-state index contributed by atoms with van der Waals surface area (Å²) in [5.41, 5.74) is 1.11. The number of hydrogen-bond donors (Lipinski definition) is 0. The second-order valence-corrected chi connectivity index (χ2v) is 3.50. The van der Waals surface area contributed by atoms with E-state index in [2.05, 4.69) is 20.9 Å². The second-order valence-electron chi connectivity index (χ2n) is 2.69. The molecule has 1 aromatic rings. The van der Waals surface area contributed by atoms with Crippen LogP contribution >= 0.6 is 15.9 Å². The maximum absolute atomic E-state index is 10.7. The van der Waals surface area contributed by atoms with Gasteiger partial charge in [-0.1, -0.05) is 6.07 Å². The fourth-order valence-corrected chi connectivity index (χ4v) is 1.11. The Morgan fingerprint density at radius 1 is 1.58 bits per heavy atom. The number of aromatic nitrogens is 1. The zero-order valence-electron chi connectivity index (χ0n) is 6.88. The van der Waals surface area contributed by atoms with E-state index in [-0.39, 0.29) is 5.78 Å². The number of halogens is 1. The Hall–Kier alpha value is -0.700. The molecule has 0 unspecified atom stereocenters. The van der Waals surface area contributed by atoms with Crippen molar-refractivity contribution >= 4 is 21.7 Å². The summed E-state index contributed by atoms with van der Waals surface area (Å²) in [4.78, 5) is 14.7. The van der Waals surface area contributed by atoms with E-state index in [0.29, 0.717) is 6.42 Å². The van der Waals surface area contributed by atoms with Crippen LogP contribution in [0.4, 0.5) is 0 Å². The second kappa shape index (κ2) is 4.36. The molecule has 0 bridgehead atoms. The first kappa shape index (κ1) is 9.39. The van der Waals surface area contributed by atoms with Crippen LogP contribution in [0.15, 0.2) is 22.9 Å². The summed E-state index contributed by atoms with van der Waals surface area (Å²) in [6.45, 7) is 1.60. The van der Waals surface area contributed by atoms with E-state index in [1.807, 2.05) is 12.1 Å². The average molecular weight is 228 g/mol. The van der Waals surface area contributed by atoms with Crippen molar-refractivity contribution in [1.82, 2.24) is 4.98 Å². The van der Waals surface area contributed by atoms with Crippen molar-refractivity contribution in [2.24, 2.45) is 0 Å². The highest BCUT2D eigenvalue weighted by atomic mass is 79.9. The number of ketones is 1. The van der Waals surface area contributed by atoms with Crippen LogP contribution in [0.25, 0.3) is 0 Å². The van der Waals surface area contributed by atoms with Gasteiger partial charge in [-0.15, -0.1) is 0 Å². The average Bonchev–Trinajstić information content (AvgIpc) is 2.03. The quantitative estimate of drug-likeness (QED) is 0.743. The van der Waals surface area contributed by atoms with E-state index in [4.69, 9.17) is 0 Å². The van der Waals surface area contributed by atoms with Gasteiger partial charge >= 0.3 is 0 Å². The number of carbonyl (C=O) groups excluding carboxylic acids is 1. The zero-order chi connectivity index (χ0) is 8.97. The number of nitrogens with zero attached hydrogens (tertiary/aromatic N) is 1. The Morgan fingerprint density at radius 3 is 2.83 bits per heavy atom. The largest absolute Gasteiger partial charge is 0.300 e. The molecule has 0 radical (unpaired) electrons. The molecule has 0 aliphatic heterocycles. The third kappa shape index (κ3) is 3.13. The standard InChI is InChI=1S/C9H10BrNO/c1-7(12)2-3-8-4-5-9(10)11-6-8/h4-6H,2-3H2,1H3. The Labute approximate surface area is 80.1 Å². The molecular weight excluding hydrogens is 218 g/mol. The highest BCUT2D eigenvalue weighted by Gasteiger charge is 1.96. The lowest BCUT2D eigenvalue weighted by molar-refractivity contribution is -0.116. The number of aryl methyl sites for hydroxylation is 1. The monoisotopic (exact) mass is 227 g/mol. The van der Waals surface area contributed by atoms with E-state index < -0.39 is 0 Å². The normalized spacial score (nSPS) is 9.83. The van der Waals surface area contributed by atoms with Gasteiger partial charge in [-0.25, -0.2) is 4.98 Å². The fourth-order valence-electron chi connectivity index (χ4n) is 0.875. The van der Waals surface area contributed by atoms with E-state index in [1.165, 1.54) is 0 Å². The molecule has 1 aromatic heterocycles. The van der Waals surface area contributed by atoms with Crippen molar-refractivity contribution in [3.8, 4) is 0 Å². The smallest absolute Gasteiger partial charge is 0.130 e. The first-order valence-corrected chi connectivity index (χ1v) is 4.57. The Morgan fingerprint density at radius 2 is 2.33 bits per heavy atom. The van der Waals surface area contributed by atoms with Crippen LogP contribution in [-0.4, -0.2) is 10.8 Å². The summed E-state index contributed by atoms with van der Waals surface area (Å²) in [5.74, 6) is 0.220. The predicted molar refractivity (Wildman–Crippen MR) is 50.9 cm³/mol. The Kier molecular flexibility index (Phi) is 3.41. The van der Waals surface area contributed by atoms with Crippen LogP contribution in [0.2, 0.25) is 0 Å². The van der Waals surface area contributed by atoms with Crippen LogP contribution in [0.3, 0.4) is 0 Å². The third-order valence-electron chi connectivity index (χ3n) is 1.55. The molecular formula is C9H10BrNO. The van der Waals surface area contributed by atoms with E-state index in [9.17, 15) is 4.79 Å². The number of pyridine rings is 1. The Bertz CT molecular complexity index is 268. The van der Waals surface area contributed by atoms with Gasteiger partial charge < -0.3 is 4.79 Å². The minimum atomic E-state index is 0.220. The van der Waals surface area contributed by atoms with Crippen molar-refractivity contribution in [2.45, 2.75) is 19.8 Å². The van der Waals surface area contributed by atoms with Gasteiger partial charge in [0.05, 0.1) is 0 Å². The van der Waals surface area contributed by atoms with E-state index >= 15 is 0 Å². The lowest BCUT2D eigenvalue weighted by Gasteiger charge is -1.97. The number of rotatable bonds is 3. The highest BCUT2D eigenvalue weighted by molar-refractivity contribution is 9.10. The molecule has 64 valence electrons. The van der Waals surface area contributed by atoms with Gasteiger partial charge in [-0.3, -0.25) is 0 Å². The molecule has 1 rings (SSSR count). The molecule has 0 N–H and O–H groups in total. The van der Waals surface area contributed by atoms with Crippen molar-refractivity contribution in [1.29, 1.82) is 0 Å². The molecule has 0 aliphatic rings. The topological polar surface area (TPSA) is 30.0 Å². The van der Waals surface area contributed by atoms with Crippen LogP contribution in [0.1, 0.15) is 18.9 Å². The van der Waals surface area contributed by atoms with Crippen molar-refractivity contribution in [2.75, 3.05) is 0 Å². The summed E-state index contributed by atoms with van der Waals surface area (Å²) in [7, 11) is 0. The minimum absolute atomic E-state index is 0.220. The summed E-state index contributed by atoms with van der Waals surface area (Å²) < 4.78 is 0.828. The molecule has 0 saturated heterocycles. The van der Waals surface area contributed by atoms with Crippen LogP contribution < -0.4 is 0 Å². The molecule has 0 amide bonds. The molecule has 0 aliphatic carbocycles. The maximum atomic E-state index is 10.7. The van der Waals surface area contributed by atoms with Gasteiger partial charge in [0.15, 0.2) is 0 Å². The van der Waals surface area contributed by atoms with Crippen molar-refractivity contribution in [3.05, 3.63) is 28.5 Å². The lowest BCUT2D eigenvalue weighted by Crippen LogP contribution is -1.94. The number of carbonyl (C=O) groups is 1. The van der Waals surface area contributed by atoms with Gasteiger partial charge in [0.2, 0.25) is 0 Å². The van der Waals surface area contributed by atoms with Gasteiger partial charge in [0.25, 0.3) is 0 Å². The first-order chi connectivity index (χ1) is 5.68. The van der Waals surface area contributed by atoms with Gasteiger partial charge in [0.1, 0.15) is 10.4 Å². The molecule has 0 saturated carbocycles. The third-order valence-corrected chi connectivity index (χ3v) is 2.02. The van der Waals surface area contributed by atoms with Gasteiger partial charge in [-0.2, -0.15) is 0 Å². The summed E-state index contributed by atoms with van der Waals surface area (Å²) in [5, 5.41) is 0. The maximum Gasteiger partial charge on any atom is 0.130 e. The SMILES string of the molecule is CC(=O)CCc1ccc(Br)nc1. The van der Waals surface area contributed by atoms with Crippen molar-refractivity contribution in [3.63, 3.8) is 0 Å². The summed E-state index contributed by atoms with van der Waals surface area (Å²) in [6.07, 6.45) is 3.17. The zero-order valence-corrected chi connectivity index (χ0v) is 8.47. The van der Waals surface area contributed by atoms with Crippen LogP contribution in [0.5, 0.6) is 0 Å². The molecule has 1 heterocycles. The molecule has 3 heteroatoms. The molecule has 12 heavy (non-hydrogen) atoms. The van der Waals surface area contributed by atoms with Crippen LogP contribution in [0, 0.1) is 0 Å². The lowest BCUT2D eigenvalue weighted by atomic mass is 10.1. The number of hydrogen-bond acceptors (Lipinski definition) is 2. The highest BCUT2D eigenvalue weighted by Crippen LogP contribution is 2.07. The van der Waals surface area contributed by atoms with Gasteiger partial charge in [0, 0.05) is 12.6 Å². The molecule has 0 spiro atoms. The van der Waals surface area contributed by atoms with Gasteiger partial charge in [-0.05, 0) is 40.9 Å². The van der Waals surface area contributed by atoms with E-state index in [0.717, 1.165) is 16.6 Å². The fraction of sp³-hybridized carbons (Fsp3) is 0.333. The van der Waals surface area contributed by atoms with E-state index in [1.54, 1.807) is 13.1 Å². The summed E-state index contributed by atoms with van der Waals surface area (Å²) in [6, 6.07) is 3.86. The van der Waals surface area contributed by atoms with Crippen molar-refractivity contribution < 1.29 is 4.79 Å². The predicted octanol–water partition coefficient (Wildman–Crippen LogP) is 2.37. The molecule has 0 fully saturated rings. The number of Topliss-reactive ketones (excluding diaryl/α,β-unsaturated/α-hetero) is 1. The first-order valence-electron chi connectivity index (χ1n) is 3.78. The Balaban J connectivity index is 2.53. The minimum Gasteiger partial charge on any atom is -0.300 e. The van der Waals surface area contributed by atoms with Crippen LogP contribution in [-0.2, 0) is 11.2 Å². The molecule has 0 aromatic carbocycles. The molecule has 2 nitrogen and oxygen atoms in total. The molecule has 0 atom stereocenters.